The Kier molecular flexibility index (Phi) is 3.99. The smallest absolute Gasteiger partial charge is 0.313 e. The number of aromatic nitrogens is 1. The molecule has 0 spiro atoms. The Morgan fingerprint density at radius 1 is 1.72 bits per heavy atom. The topological polar surface area (TPSA) is 62.7 Å². The summed E-state index contributed by atoms with van der Waals surface area (Å²) in [4.78, 5) is 17.8. The fourth-order valence-corrected chi connectivity index (χ4v) is 2.90. The molecule has 1 aromatic rings. The number of rotatable bonds is 5. The summed E-state index contributed by atoms with van der Waals surface area (Å²) in [5.74, 6) is -0.763. The van der Waals surface area contributed by atoms with Crippen molar-refractivity contribution in [1.82, 2.24) is 9.88 Å². The molecule has 1 N–H and O–H groups in total. The SMILES string of the molecule is Cc1nc(CN(C)CC2(C(=O)O)CCOC2)cs1. The zero-order valence-corrected chi connectivity index (χ0v) is 11.5. The molecule has 0 radical (unpaired) electrons. The van der Waals surface area contributed by atoms with E-state index < -0.39 is 11.4 Å². The van der Waals surface area contributed by atoms with E-state index in [0.717, 1.165) is 10.7 Å². The number of hydrogen-bond donors (Lipinski definition) is 1. The number of carbonyl (C=O) groups is 1. The van der Waals surface area contributed by atoms with E-state index in [1.165, 1.54) is 0 Å². The van der Waals surface area contributed by atoms with Gasteiger partial charge < -0.3 is 9.84 Å². The van der Waals surface area contributed by atoms with Crippen molar-refractivity contribution in [3.63, 3.8) is 0 Å². The molecule has 1 saturated heterocycles. The predicted octanol–water partition coefficient (Wildman–Crippen LogP) is 1.37. The molecule has 6 heteroatoms. The first-order valence-electron chi connectivity index (χ1n) is 5.92. The van der Waals surface area contributed by atoms with Crippen molar-refractivity contribution >= 4 is 17.3 Å². The van der Waals surface area contributed by atoms with Gasteiger partial charge in [-0.3, -0.25) is 9.69 Å². The molecule has 100 valence electrons. The maximum absolute atomic E-state index is 11.4. The molecule has 1 atom stereocenters. The zero-order chi connectivity index (χ0) is 13.2. The van der Waals surface area contributed by atoms with Crippen LogP contribution in [-0.4, -0.2) is 47.8 Å². The standard InChI is InChI=1S/C12H18N2O3S/c1-9-13-10(6-18-9)5-14(2)7-12(11(15)16)3-4-17-8-12/h6H,3-5,7-8H2,1-2H3,(H,15,16). The molecular weight excluding hydrogens is 252 g/mol. The van der Waals surface area contributed by atoms with Crippen LogP contribution in [0.25, 0.3) is 0 Å². The Hall–Kier alpha value is -0.980. The van der Waals surface area contributed by atoms with Crippen LogP contribution in [0.5, 0.6) is 0 Å². The second-order valence-corrected chi connectivity index (χ2v) is 5.98. The first-order chi connectivity index (χ1) is 8.52. The number of aliphatic carboxylic acids is 1. The first kappa shape index (κ1) is 13.5. The van der Waals surface area contributed by atoms with E-state index in [4.69, 9.17) is 4.74 Å². The number of carboxylic acids is 1. The van der Waals surface area contributed by atoms with Crippen molar-refractivity contribution < 1.29 is 14.6 Å². The largest absolute Gasteiger partial charge is 0.481 e. The maximum Gasteiger partial charge on any atom is 0.313 e. The lowest BCUT2D eigenvalue weighted by Gasteiger charge is -2.27. The van der Waals surface area contributed by atoms with E-state index in [1.54, 1.807) is 11.3 Å². The van der Waals surface area contributed by atoms with Crippen molar-refractivity contribution in [2.75, 3.05) is 26.8 Å². The van der Waals surface area contributed by atoms with Crippen LogP contribution in [0.3, 0.4) is 0 Å². The minimum Gasteiger partial charge on any atom is -0.481 e. The quantitative estimate of drug-likeness (QED) is 0.875. The highest BCUT2D eigenvalue weighted by atomic mass is 32.1. The van der Waals surface area contributed by atoms with Gasteiger partial charge in [-0.15, -0.1) is 11.3 Å². The van der Waals surface area contributed by atoms with Crippen molar-refractivity contribution in [3.05, 3.63) is 16.1 Å². The molecular formula is C12H18N2O3S. The fourth-order valence-electron chi connectivity index (χ4n) is 2.30. The molecule has 2 rings (SSSR count). The Morgan fingerprint density at radius 3 is 3.00 bits per heavy atom. The van der Waals surface area contributed by atoms with Gasteiger partial charge in [0.05, 0.1) is 17.3 Å². The van der Waals surface area contributed by atoms with Crippen LogP contribution in [0, 0.1) is 12.3 Å². The molecule has 0 bridgehead atoms. The summed E-state index contributed by atoms with van der Waals surface area (Å²) in [6.45, 7) is 3.99. The van der Waals surface area contributed by atoms with Crippen LogP contribution in [0.4, 0.5) is 0 Å². The van der Waals surface area contributed by atoms with Gasteiger partial charge in [0.1, 0.15) is 5.41 Å². The van der Waals surface area contributed by atoms with Crippen molar-refractivity contribution in [3.8, 4) is 0 Å². The molecule has 1 fully saturated rings. The third kappa shape index (κ3) is 2.88. The molecule has 1 unspecified atom stereocenters. The molecule has 0 amide bonds. The van der Waals surface area contributed by atoms with Gasteiger partial charge in [0, 0.05) is 25.1 Å². The molecule has 1 aliphatic heterocycles. The lowest BCUT2D eigenvalue weighted by Crippen LogP contribution is -2.42. The predicted molar refractivity (Wildman–Crippen MR) is 68.7 cm³/mol. The molecule has 0 aromatic carbocycles. The van der Waals surface area contributed by atoms with E-state index in [9.17, 15) is 9.90 Å². The second-order valence-electron chi connectivity index (χ2n) is 4.92. The summed E-state index contributed by atoms with van der Waals surface area (Å²) in [5.41, 5.74) is 0.249. The third-order valence-electron chi connectivity index (χ3n) is 3.23. The minimum absolute atomic E-state index is 0.308. The van der Waals surface area contributed by atoms with E-state index in [0.29, 0.717) is 32.7 Å². The number of carboxylic acid groups (broad SMARTS) is 1. The van der Waals surface area contributed by atoms with E-state index in [-0.39, 0.29) is 0 Å². The van der Waals surface area contributed by atoms with Crippen molar-refractivity contribution in [2.24, 2.45) is 5.41 Å². The van der Waals surface area contributed by atoms with Crippen molar-refractivity contribution in [2.45, 2.75) is 19.9 Å². The lowest BCUT2D eigenvalue weighted by atomic mass is 9.87. The average molecular weight is 270 g/mol. The van der Waals surface area contributed by atoms with Crippen LogP contribution in [0.15, 0.2) is 5.38 Å². The molecule has 5 nitrogen and oxygen atoms in total. The van der Waals surface area contributed by atoms with E-state index >= 15 is 0 Å². The monoisotopic (exact) mass is 270 g/mol. The van der Waals surface area contributed by atoms with Crippen molar-refractivity contribution in [1.29, 1.82) is 0 Å². The Bertz CT molecular complexity index is 427. The van der Waals surface area contributed by atoms with Crippen LogP contribution < -0.4 is 0 Å². The van der Waals surface area contributed by atoms with Crippen LogP contribution >= 0.6 is 11.3 Å². The number of ether oxygens (including phenoxy) is 1. The summed E-state index contributed by atoms with van der Waals surface area (Å²) < 4.78 is 5.26. The molecule has 0 aliphatic carbocycles. The normalized spacial score (nSPS) is 23.7. The second kappa shape index (κ2) is 5.34. The molecule has 1 aromatic heterocycles. The summed E-state index contributed by atoms with van der Waals surface area (Å²) >= 11 is 1.62. The van der Waals surface area contributed by atoms with Gasteiger partial charge in [-0.2, -0.15) is 0 Å². The summed E-state index contributed by atoms with van der Waals surface area (Å²) in [6, 6.07) is 0. The lowest BCUT2D eigenvalue weighted by molar-refractivity contribution is -0.150. The van der Waals surface area contributed by atoms with Gasteiger partial charge in [0.25, 0.3) is 0 Å². The molecule has 1 aliphatic rings. The number of hydrogen-bond acceptors (Lipinski definition) is 5. The Labute approximate surface area is 110 Å². The van der Waals surface area contributed by atoms with Gasteiger partial charge >= 0.3 is 5.97 Å². The number of nitrogens with zero attached hydrogens (tertiary/aromatic N) is 2. The molecule has 2 heterocycles. The Balaban J connectivity index is 1.97. The number of thiazole rings is 1. The summed E-state index contributed by atoms with van der Waals surface area (Å²) in [5, 5.41) is 12.4. The first-order valence-corrected chi connectivity index (χ1v) is 6.80. The maximum atomic E-state index is 11.4. The number of aryl methyl sites for hydroxylation is 1. The fraction of sp³-hybridized carbons (Fsp3) is 0.667. The molecule has 18 heavy (non-hydrogen) atoms. The zero-order valence-electron chi connectivity index (χ0n) is 10.7. The summed E-state index contributed by atoms with van der Waals surface area (Å²) in [6.07, 6.45) is 0.586. The van der Waals surface area contributed by atoms with Gasteiger partial charge in [-0.1, -0.05) is 0 Å². The highest BCUT2D eigenvalue weighted by molar-refractivity contribution is 7.09. The van der Waals surface area contributed by atoms with E-state index in [2.05, 4.69) is 4.98 Å². The summed E-state index contributed by atoms with van der Waals surface area (Å²) in [7, 11) is 1.93. The average Bonchev–Trinajstić information content (AvgIpc) is 2.89. The van der Waals surface area contributed by atoms with Crippen LogP contribution in [0.2, 0.25) is 0 Å². The third-order valence-corrected chi connectivity index (χ3v) is 4.05. The van der Waals surface area contributed by atoms with Crippen LogP contribution in [-0.2, 0) is 16.1 Å². The van der Waals surface area contributed by atoms with Gasteiger partial charge in [0.15, 0.2) is 0 Å². The van der Waals surface area contributed by atoms with Gasteiger partial charge in [-0.25, -0.2) is 4.98 Å². The molecule has 0 saturated carbocycles. The van der Waals surface area contributed by atoms with E-state index in [1.807, 2.05) is 24.3 Å². The van der Waals surface area contributed by atoms with Gasteiger partial charge in [0.2, 0.25) is 0 Å². The highest BCUT2D eigenvalue weighted by Gasteiger charge is 2.43. The minimum atomic E-state index is -0.763. The van der Waals surface area contributed by atoms with Crippen LogP contribution in [0.1, 0.15) is 17.1 Å². The van der Waals surface area contributed by atoms with Gasteiger partial charge in [-0.05, 0) is 20.4 Å². The Morgan fingerprint density at radius 2 is 2.50 bits per heavy atom. The highest BCUT2D eigenvalue weighted by Crippen LogP contribution is 2.30.